The van der Waals surface area contributed by atoms with Gasteiger partial charge in [-0.05, 0) is 37.5 Å². The van der Waals surface area contributed by atoms with Crippen molar-refractivity contribution in [2.45, 2.75) is 31.8 Å². The predicted molar refractivity (Wildman–Crippen MR) is 63.4 cm³/mol. The van der Waals surface area contributed by atoms with E-state index in [0.29, 0.717) is 18.5 Å². The molecule has 0 bridgehead atoms. The minimum absolute atomic E-state index is 0.113. The maximum Gasteiger partial charge on any atom is 0.165 e. The van der Waals surface area contributed by atoms with Gasteiger partial charge in [0.2, 0.25) is 0 Å². The first-order chi connectivity index (χ1) is 8.16. The molecule has 0 spiro atoms. The molecule has 1 aliphatic rings. The number of Topliss-reactive ketones (excluding diaryl/α,β-unsaturated/α-hetero) is 1. The van der Waals surface area contributed by atoms with Crippen molar-refractivity contribution in [2.24, 2.45) is 0 Å². The van der Waals surface area contributed by atoms with Gasteiger partial charge in [-0.2, -0.15) is 0 Å². The van der Waals surface area contributed by atoms with E-state index in [9.17, 15) is 9.18 Å². The number of ether oxygens (including phenoxy) is 1. The molecular formula is C13H16FNO2. The molecule has 1 atom stereocenters. The SMILES string of the molecule is Nc1ccc(F)cc1C(=O)CCC1CCCO1. The number of nitrogen functional groups attached to an aromatic ring is 1. The van der Waals surface area contributed by atoms with E-state index >= 15 is 0 Å². The Labute approximate surface area is 99.8 Å². The number of carbonyl (C=O) groups is 1. The summed E-state index contributed by atoms with van der Waals surface area (Å²) < 4.78 is 18.5. The van der Waals surface area contributed by atoms with E-state index in [1.807, 2.05) is 0 Å². The highest BCUT2D eigenvalue weighted by Gasteiger charge is 2.18. The molecule has 0 saturated carbocycles. The normalized spacial score (nSPS) is 19.5. The fourth-order valence-electron chi connectivity index (χ4n) is 2.07. The molecule has 1 aliphatic heterocycles. The molecule has 4 heteroatoms. The minimum atomic E-state index is -0.431. The molecule has 1 aromatic carbocycles. The number of anilines is 1. The first-order valence-electron chi connectivity index (χ1n) is 5.86. The predicted octanol–water partition coefficient (Wildman–Crippen LogP) is 2.55. The van der Waals surface area contributed by atoms with Crippen LogP contribution in [0.1, 0.15) is 36.0 Å². The number of nitrogens with two attached hydrogens (primary N) is 1. The zero-order valence-corrected chi connectivity index (χ0v) is 9.62. The largest absolute Gasteiger partial charge is 0.398 e. The molecule has 2 N–H and O–H groups in total. The molecule has 2 rings (SSSR count). The quantitative estimate of drug-likeness (QED) is 0.646. The summed E-state index contributed by atoms with van der Waals surface area (Å²) in [6.07, 6.45) is 3.29. The van der Waals surface area contributed by atoms with Crippen molar-refractivity contribution in [3.8, 4) is 0 Å². The lowest BCUT2D eigenvalue weighted by molar-refractivity contribution is 0.0859. The standard InChI is InChI=1S/C13H16FNO2/c14-9-3-5-12(15)11(8-9)13(16)6-4-10-2-1-7-17-10/h3,5,8,10H,1-2,4,6-7,15H2. The zero-order chi connectivity index (χ0) is 12.3. The fourth-order valence-corrected chi connectivity index (χ4v) is 2.07. The Morgan fingerprint density at radius 3 is 3.06 bits per heavy atom. The molecule has 1 aromatic rings. The van der Waals surface area contributed by atoms with E-state index in [1.165, 1.54) is 18.2 Å². The maximum atomic E-state index is 13.0. The number of hydrogen-bond donors (Lipinski definition) is 1. The first-order valence-corrected chi connectivity index (χ1v) is 5.86. The second-order valence-electron chi connectivity index (χ2n) is 4.33. The third-order valence-electron chi connectivity index (χ3n) is 3.03. The van der Waals surface area contributed by atoms with E-state index in [4.69, 9.17) is 10.5 Å². The summed E-state index contributed by atoms with van der Waals surface area (Å²) in [7, 11) is 0. The summed E-state index contributed by atoms with van der Waals surface area (Å²) in [6.45, 7) is 0.779. The van der Waals surface area contributed by atoms with Crippen molar-refractivity contribution >= 4 is 11.5 Å². The number of carbonyl (C=O) groups excluding carboxylic acids is 1. The van der Waals surface area contributed by atoms with Crippen LogP contribution in [0.15, 0.2) is 18.2 Å². The van der Waals surface area contributed by atoms with Gasteiger partial charge in [0.15, 0.2) is 5.78 Å². The number of rotatable bonds is 4. The fraction of sp³-hybridized carbons (Fsp3) is 0.462. The Morgan fingerprint density at radius 2 is 2.35 bits per heavy atom. The van der Waals surface area contributed by atoms with Gasteiger partial charge in [-0.15, -0.1) is 0 Å². The van der Waals surface area contributed by atoms with E-state index in [-0.39, 0.29) is 17.5 Å². The van der Waals surface area contributed by atoms with Crippen LogP contribution in [0.5, 0.6) is 0 Å². The molecule has 1 heterocycles. The van der Waals surface area contributed by atoms with Gasteiger partial charge in [-0.1, -0.05) is 0 Å². The lowest BCUT2D eigenvalue weighted by Gasteiger charge is -2.09. The van der Waals surface area contributed by atoms with E-state index in [1.54, 1.807) is 0 Å². The van der Waals surface area contributed by atoms with Gasteiger partial charge in [-0.25, -0.2) is 4.39 Å². The van der Waals surface area contributed by atoms with Gasteiger partial charge < -0.3 is 10.5 Å². The average molecular weight is 237 g/mol. The van der Waals surface area contributed by atoms with Crippen molar-refractivity contribution in [3.05, 3.63) is 29.6 Å². The van der Waals surface area contributed by atoms with Crippen LogP contribution >= 0.6 is 0 Å². The summed E-state index contributed by atoms with van der Waals surface area (Å²) in [5.74, 6) is -0.544. The molecule has 17 heavy (non-hydrogen) atoms. The molecule has 92 valence electrons. The van der Waals surface area contributed by atoms with Gasteiger partial charge >= 0.3 is 0 Å². The van der Waals surface area contributed by atoms with Crippen LogP contribution < -0.4 is 5.73 Å². The van der Waals surface area contributed by atoms with Crippen LogP contribution in [-0.2, 0) is 4.74 Å². The molecule has 0 aromatic heterocycles. The van der Waals surface area contributed by atoms with Crippen molar-refractivity contribution < 1.29 is 13.9 Å². The lowest BCUT2D eigenvalue weighted by Crippen LogP contribution is -2.10. The monoisotopic (exact) mass is 237 g/mol. The van der Waals surface area contributed by atoms with Crippen molar-refractivity contribution in [3.63, 3.8) is 0 Å². The molecule has 0 aliphatic carbocycles. The number of hydrogen-bond acceptors (Lipinski definition) is 3. The number of ketones is 1. The van der Waals surface area contributed by atoms with Gasteiger partial charge in [0, 0.05) is 24.3 Å². The highest BCUT2D eigenvalue weighted by molar-refractivity contribution is 6.00. The van der Waals surface area contributed by atoms with E-state index in [2.05, 4.69) is 0 Å². The molecule has 1 saturated heterocycles. The molecule has 0 radical (unpaired) electrons. The summed E-state index contributed by atoms with van der Waals surface area (Å²) in [6, 6.07) is 3.88. The van der Waals surface area contributed by atoms with E-state index in [0.717, 1.165) is 19.4 Å². The Kier molecular flexibility index (Phi) is 3.74. The summed E-state index contributed by atoms with van der Waals surface area (Å²) in [5, 5.41) is 0. The van der Waals surface area contributed by atoms with Crippen LogP contribution in [0, 0.1) is 5.82 Å². The maximum absolute atomic E-state index is 13.0. The molecule has 1 unspecified atom stereocenters. The van der Waals surface area contributed by atoms with Crippen LogP contribution in [0.4, 0.5) is 10.1 Å². The van der Waals surface area contributed by atoms with Gasteiger partial charge in [-0.3, -0.25) is 4.79 Å². The molecule has 0 amide bonds. The Hall–Kier alpha value is -1.42. The summed E-state index contributed by atoms with van der Waals surface area (Å²) in [4.78, 5) is 11.9. The van der Waals surface area contributed by atoms with Gasteiger partial charge in [0.05, 0.1) is 6.10 Å². The molecule has 1 fully saturated rings. The second kappa shape index (κ2) is 5.27. The van der Waals surface area contributed by atoms with E-state index < -0.39 is 5.82 Å². The van der Waals surface area contributed by atoms with Gasteiger partial charge in [0.25, 0.3) is 0 Å². The van der Waals surface area contributed by atoms with Crippen molar-refractivity contribution in [1.82, 2.24) is 0 Å². The topological polar surface area (TPSA) is 52.3 Å². The smallest absolute Gasteiger partial charge is 0.165 e. The van der Waals surface area contributed by atoms with Crippen molar-refractivity contribution in [2.75, 3.05) is 12.3 Å². The van der Waals surface area contributed by atoms with Gasteiger partial charge in [0.1, 0.15) is 5.82 Å². The summed E-state index contributed by atoms with van der Waals surface area (Å²) in [5.41, 5.74) is 6.27. The van der Waals surface area contributed by atoms with Crippen LogP contribution in [0.2, 0.25) is 0 Å². The Bertz CT molecular complexity index is 414. The van der Waals surface area contributed by atoms with Crippen molar-refractivity contribution in [1.29, 1.82) is 0 Å². The molecular weight excluding hydrogens is 221 g/mol. The highest BCUT2D eigenvalue weighted by Crippen LogP contribution is 2.20. The zero-order valence-electron chi connectivity index (χ0n) is 9.62. The number of benzene rings is 1. The minimum Gasteiger partial charge on any atom is -0.398 e. The van der Waals surface area contributed by atoms with Crippen LogP contribution in [0.3, 0.4) is 0 Å². The third-order valence-corrected chi connectivity index (χ3v) is 3.03. The lowest BCUT2D eigenvalue weighted by atomic mass is 10.0. The number of halogens is 1. The summed E-state index contributed by atoms with van der Waals surface area (Å²) >= 11 is 0. The average Bonchev–Trinajstić information content (AvgIpc) is 2.82. The Morgan fingerprint density at radius 1 is 1.53 bits per heavy atom. The second-order valence-corrected chi connectivity index (χ2v) is 4.33. The molecule has 3 nitrogen and oxygen atoms in total. The third kappa shape index (κ3) is 3.03. The highest BCUT2D eigenvalue weighted by atomic mass is 19.1. The first kappa shape index (κ1) is 12.0. The van der Waals surface area contributed by atoms with Crippen LogP contribution in [-0.4, -0.2) is 18.5 Å². The Balaban J connectivity index is 1.96. The van der Waals surface area contributed by atoms with Crippen LogP contribution in [0.25, 0.3) is 0 Å².